The predicted molar refractivity (Wildman–Crippen MR) is 91.3 cm³/mol. The minimum absolute atomic E-state index is 0.119. The molecule has 3 amide bonds. The van der Waals surface area contributed by atoms with Crippen LogP contribution in [0.3, 0.4) is 0 Å². The van der Waals surface area contributed by atoms with E-state index in [0.717, 1.165) is 24.3 Å². The van der Waals surface area contributed by atoms with E-state index >= 15 is 0 Å². The summed E-state index contributed by atoms with van der Waals surface area (Å²) in [5, 5.41) is 7.68. The fourth-order valence-corrected chi connectivity index (χ4v) is 3.66. The Bertz CT molecular complexity index is 735. The maximum Gasteiger partial charge on any atom is 0.387 e. The Kier molecular flexibility index (Phi) is 4.93. The van der Waals surface area contributed by atoms with E-state index in [4.69, 9.17) is 0 Å². The molecule has 1 heterocycles. The van der Waals surface area contributed by atoms with Gasteiger partial charge >= 0.3 is 12.6 Å². The van der Waals surface area contributed by atoms with Gasteiger partial charge in [0.2, 0.25) is 0 Å². The Morgan fingerprint density at radius 2 is 1.81 bits per heavy atom. The minimum Gasteiger partial charge on any atom is -0.434 e. The van der Waals surface area contributed by atoms with Crippen molar-refractivity contribution in [2.75, 3.05) is 0 Å². The van der Waals surface area contributed by atoms with Crippen LogP contribution in [0, 0.1) is 13.8 Å². The number of hydrazone groups is 1. The molecule has 2 fully saturated rings. The maximum atomic E-state index is 12.6. The molecule has 0 atom stereocenters. The molecule has 0 aromatic heterocycles. The first-order valence-corrected chi connectivity index (χ1v) is 8.59. The van der Waals surface area contributed by atoms with Crippen LogP contribution in [0.2, 0.25) is 0 Å². The molecule has 1 aromatic rings. The summed E-state index contributed by atoms with van der Waals surface area (Å²) < 4.78 is 29.4. The molecule has 0 radical (unpaired) electrons. The molecule has 1 aliphatic heterocycles. The van der Waals surface area contributed by atoms with Crippen molar-refractivity contribution in [2.45, 2.75) is 58.1 Å². The third kappa shape index (κ3) is 3.40. The second-order valence-corrected chi connectivity index (χ2v) is 6.80. The monoisotopic (exact) mass is 365 g/mol. The first kappa shape index (κ1) is 18.3. The summed E-state index contributed by atoms with van der Waals surface area (Å²) >= 11 is 0. The average Bonchev–Trinajstić information content (AvgIpc) is 2.80. The lowest BCUT2D eigenvalue weighted by Gasteiger charge is -2.29. The van der Waals surface area contributed by atoms with Crippen LogP contribution in [0.5, 0.6) is 5.75 Å². The molecule has 140 valence electrons. The van der Waals surface area contributed by atoms with Crippen LogP contribution in [0.1, 0.15) is 48.8 Å². The molecule has 26 heavy (non-hydrogen) atoms. The fourth-order valence-electron chi connectivity index (χ4n) is 3.66. The van der Waals surface area contributed by atoms with Crippen molar-refractivity contribution >= 4 is 18.2 Å². The number of hydrogen-bond acceptors (Lipinski definition) is 4. The molecule has 1 aliphatic carbocycles. The van der Waals surface area contributed by atoms with Crippen molar-refractivity contribution in [3.63, 3.8) is 0 Å². The maximum absolute atomic E-state index is 12.6. The van der Waals surface area contributed by atoms with E-state index in [-0.39, 0.29) is 11.7 Å². The summed E-state index contributed by atoms with van der Waals surface area (Å²) in [6.07, 6.45) is 5.48. The summed E-state index contributed by atoms with van der Waals surface area (Å²) in [4.78, 5) is 24.8. The number of ether oxygens (including phenoxy) is 1. The van der Waals surface area contributed by atoms with Crippen LogP contribution in [0.4, 0.5) is 13.6 Å². The Hall–Kier alpha value is -2.51. The number of hydrogen-bond donors (Lipinski definition) is 1. The number of nitrogens with zero attached hydrogens (tertiary/aromatic N) is 2. The standard InChI is InChI=1S/C18H21F2N3O3/c1-11-8-13(9-12(2)14(11)26-16(19)20)10-21-23-15(24)18(22-17(23)25)6-4-3-5-7-18/h8-10,16H,3-7H2,1-2H3,(H,22,25)/b21-10-. The molecule has 0 unspecified atom stereocenters. The van der Waals surface area contributed by atoms with Crippen molar-refractivity contribution < 1.29 is 23.1 Å². The van der Waals surface area contributed by atoms with Crippen LogP contribution in [0.25, 0.3) is 0 Å². The lowest BCUT2D eigenvalue weighted by atomic mass is 9.82. The van der Waals surface area contributed by atoms with Gasteiger partial charge in [0.25, 0.3) is 5.91 Å². The molecule has 2 aliphatic rings. The highest BCUT2D eigenvalue weighted by Gasteiger charge is 2.51. The average molecular weight is 365 g/mol. The van der Waals surface area contributed by atoms with E-state index in [9.17, 15) is 18.4 Å². The number of urea groups is 1. The van der Waals surface area contributed by atoms with Gasteiger partial charge in [0.05, 0.1) is 6.21 Å². The van der Waals surface area contributed by atoms with Gasteiger partial charge in [0.15, 0.2) is 0 Å². The molecule has 1 aromatic carbocycles. The van der Waals surface area contributed by atoms with Gasteiger partial charge < -0.3 is 10.1 Å². The highest BCUT2D eigenvalue weighted by molar-refractivity contribution is 6.07. The topological polar surface area (TPSA) is 71.0 Å². The lowest BCUT2D eigenvalue weighted by molar-refractivity contribution is -0.132. The molecule has 1 saturated heterocycles. The number of amides is 3. The molecule has 0 bridgehead atoms. The van der Waals surface area contributed by atoms with Gasteiger partial charge in [-0.05, 0) is 55.5 Å². The van der Waals surface area contributed by atoms with E-state index in [0.29, 0.717) is 29.5 Å². The van der Waals surface area contributed by atoms with Gasteiger partial charge in [-0.1, -0.05) is 19.3 Å². The van der Waals surface area contributed by atoms with Crippen molar-refractivity contribution in [1.82, 2.24) is 10.3 Å². The first-order valence-electron chi connectivity index (χ1n) is 8.59. The molecule has 1 saturated carbocycles. The normalized spacial score (nSPS) is 19.7. The second kappa shape index (κ2) is 7.01. The number of rotatable bonds is 4. The van der Waals surface area contributed by atoms with Crippen molar-refractivity contribution in [1.29, 1.82) is 0 Å². The van der Waals surface area contributed by atoms with Gasteiger partial charge in [0, 0.05) is 0 Å². The third-order valence-electron chi connectivity index (χ3n) is 4.86. The molecular formula is C18H21F2N3O3. The number of alkyl halides is 2. The summed E-state index contributed by atoms with van der Waals surface area (Å²) in [6, 6.07) is 2.70. The summed E-state index contributed by atoms with van der Waals surface area (Å²) in [5.41, 5.74) is 0.806. The molecule has 6 nitrogen and oxygen atoms in total. The van der Waals surface area contributed by atoms with Crippen LogP contribution >= 0.6 is 0 Å². The number of aryl methyl sites for hydroxylation is 2. The number of halogens is 2. The Morgan fingerprint density at radius 3 is 2.38 bits per heavy atom. The largest absolute Gasteiger partial charge is 0.434 e. The molecule has 3 rings (SSSR count). The van der Waals surface area contributed by atoms with Crippen LogP contribution < -0.4 is 10.1 Å². The summed E-state index contributed by atoms with van der Waals surface area (Å²) in [5.74, 6) is -0.210. The van der Waals surface area contributed by atoms with Crippen LogP contribution in [0.15, 0.2) is 17.2 Å². The van der Waals surface area contributed by atoms with Gasteiger partial charge in [-0.2, -0.15) is 13.9 Å². The van der Waals surface area contributed by atoms with E-state index in [1.54, 1.807) is 26.0 Å². The highest BCUT2D eigenvalue weighted by Crippen LogP contribution is 2.33. The summed E-state index contributed by atoms with van der Waals surface area (Å²) in [6.45, 7) is 0.393. The van der Waals surface area contributed by atoms with E-state index in [1.807, 2.05) is 0 Å². The second-order valence-electron chi connectivity index (χ2n) is 6.80. The number of imide groups is 1. The van der Waals surface area contributed by atoms with E-state index in [1.165, 1.54) is 6.21 Å². The smallest absolute Gasteiger partial charge is 0.387 e. The quantitative estimate of drug-likeness (QED) is 0.656. The number of benzene rings is 1. The first-order chi connectivity index (χ1) is 12.3. The Labute approximate surface area is 150 Å². The Balaban J connectivity index is 1.79. The Morgan fingerprint density at radius 1 is 1.19 bits per heavy atom. The van der Waals surface area contributed by atoms with Crippen molar-refractivity contribution in [3.05, 3.63) is 28.8 Å². The zero-order chi connectivity index (χ0) is 18.9. The van der Waals surface area contributed by atoms with Crippen molar-refractivity contribution in [3.8, 4) is 5.75 Å². The van der Waals surface area contributed by atoms with Crippen LogP contribution in [-0.2, 0) is 4.79 Å². The van der Waals surface area contributed by atoms with Crippen LogP contribution in [-0.4, -0.2) is 35.3 Å². The number of carbonyl (C=O) groups is 2. The molecule has 1 spiro atoms. The summed E-state index contributed by atoms with van der Waals surface area (Å²) in [7, 11) is 0. The zero-order valence-electron chi connectivity index (χ0n) is 14.7. The van der Waals surface area contributed by atoms with Gasteiger partial charge in [-0.3, -0.25) is 4.79 Å². The third-order valence-corrected chi connectivity index (χ3v) is 4.86. The number of carbonyl (C=O) groups excluding carboxylic acids is 2. The predicted octanol–water partition coefficient (Wildman–Crippen LogP) is 3.49. The van der Waals surface area contributed by atoms with Gasteiger partial charge in [0.1, 0.15) is 11.3 Å². The minimum atomic E-state index is -2.90. The molecule has 1 N–H and O–H groups in total. The number of nitrogens with one attached hydrogen (secondary N) is 1. The van der Waals surface area contributed by atoms with E-state index in [2.05, 4.69) is 15.2 Å². The molecular weight excluding hydrogens is 344 g/mol. The van der Waals surface area contributed by atoms with E-state index < -0.39 is 18.2 Å². The van der Waals surface area contributed by atoms with Crippen molar-refractivity contribution in [2.24, 2.45) is 5.10 Å². The lowest BCUT2D eigenvalue weighted by Crippen LogP contribution is -2.48. The zero-order valence-corrected chi connectivity index (χ0v) is 14.7. The highest BCUT2D eigenvalue weighted by atomic mass is 19.3. The fraction of sp³-hybridized carbons (Fsp3) is 0.500. The van der Waals surface area contributed by atoms with Gasteiger partial charge in [-0.15, -0.1) is 5.01 Å². The SMILES string of the molecule is Cc1cc(/C=N\N2C(=O)NC3(CCCCC3)C2=O)cc(C)c1OC(F)F. The van der Waals surface area contributed by atoms with Gasteiger partial charge in [-0.25, -0.2) is 4.79 Å². The molecule has 8 heteroatoms.